The predicted octanol–water partition coefficient (Wildman–Crippen LogP) is 2.07. The van der Waals surface area contributed by atoms with Crippen molar-refractivity contribution in [3.63, 3.8) is 0 Å². The van der Waals surface area contributed by atoms with Gasteiger partial charge < -0.3 is 24.5 Å². The fourth-order valence-electron chi connectivity index (χ4n) is 2.20. The number of esters is 1. The van der Waals surface area contributed by atoms with Crippen molar-refractivity contribution in [1.82, 2.24) is 10.3 Å². The Morgan fingerprint density at radius 1 is 1.21 bits per heavy atom. The van der Waals surface area contributed by atoms with Gasteiger partial charge in [0.1, 0.15) is 17.2 Å². The molecule has 0 bridgehead atoms. The van der Waals surface area contributed by atoms with Gasteiger partial charge in [0.2, 0.25) is 0 Å². The highest BCUT2D eigenvalue weighted by Crippen LogP contribution is 2.29. The molecule has 0 aliphatic rings. The van der Waals surface area contributed by atoms with Gasteiger partial charge in [-0.25, -0.2) is 4.79 Å². The standard InChI is InChI=1S/C17H20N2O5/c1-11(13-9-12(22-2)6-7-15(13)23-3)19-16(20)10-24-17(21)14-5-4-8-18-14/h4-9,11,18H,10H2,1-3H3,(H,19,20)/t11-/m1/s1. The predicted molar refractivity (Wildman–Crippen MR) is 87.2 cm³/mol. The molecule has 2 rings (SSSR count). The second-order valence-corrected chi connectivity index (χ2v) is 5.06. The molecule has 7 heteroatoms. The van der Waals surface area contributed by atoms with Crippen LogP contribution in [0, 0.1) is 0 Å². The number of aromatic nitrogens is 1. The minimum atomic E-state index is -0.582. The summed E-state index contributed by atoms with van der Waals surface area (Å²) in [7, 11) is 3.12. The number of carbonyl (C=O) groups is 2. The Labute approximate surface area is 139 Å². The SMILES string of the molecule is COc1ccc(OC)c([C@@H](C)NC(=O)COC(=O)c2ccc[nH]2)c1. The summed E-state index contributed by atoms with van der Waals surface area (Å²) < 4.78 is 15.4. The summed E-state index contributed by atoms with van der Waals surface area (Å²) in [6.07, 6.45) is 1.60. The molecule has 7 nitrogen and oxygen atoms in total. The number of amides is 1. The zero-order chi connectivity index (χ0) is 17.5. The molecule has 2 aromatic rings. The van der Waals surface area contributed by atoms with Gasteiger partial charge in [0.15, 0.2) is 6.61 Å². The zero-order valence-electron chi connectivity index (χ0n) is 13.8. The van der Waals surface area contributed by atoms with E-state index in [0.717, 1.165) is 5.56 Å². The Morgan fingerprint density at radius 2 is 2.00 bits per heavy atom. The summed E-state index contributed by atoms with van der Waals surface area (Å²) in [5.74, 6) is 0.297. The van der Waals surface area contributed by atoms with E-state index in [-0.39, 0.29) is 12.6 Å². The number of hydrogen-bond acceptors (Lipinski definition) is 5. The van der Waals surface area contributed by atoms with E-state index in [0.29, 0.717) is 17.2 Å². The number of H-pyrrole nitrogens is 1. The van der Waals surface area contributed by atoms with Gasteiger partial charge in [0.25, 0.3) is 5.91 Å². The van der Waals surface area contributed by atoms with Crippen LogP contribution in [0.2, 0.25) is 0 Å². The number of aromatic amines is 1. The Balaban J connectivity index is 1.95. The fourth-order valence-corrected chi connectivity index (χ4v) is 2.20. The maximum absolute atomic E-state index is 12.0. The van der Waals surface area contributed by atoms with Gasteiger partial charge in [-0.2, -0.15) is 0 Å². The normalized spacial score (nSPS) is 11.5. The molecule has 1 aromatic carbocycles. The van der Waals surface area contributed by atoms with Crippen LogP contribution < -0.4 is 14.8 Å². The van der Waals surface area contributed by atoms with E-state index in [1.54, 1.807) is 50.7 Å². The maximum Gasteiger partial charge on any atom is 0.355 e. The Hall–Kier alpha value is -2.96. The van der Waals surface area contributed by atoms with Crippen LogP contribution >= 0.6 is 0 Å². The molecule has 1 amide bonds. The number of methoxy groups -OCH3 is 2. The largest absolute Gasteiger partial charge is 0.497 e. The van der Waals surface area contributed by atoms with E-state index >= 15 is 0 Å². The minimum Gasteiger partial charge on any atom is -0.497 e. The number of hydrogen-bond donors (Lipinski definition) is 2. The lowest BCUT2D eigenvalue weighted by atomic mass is 10.1. The quantitative estimate of drug-likeness (QED) is 0.758. The molecule has 128 valence electrons. The van der Waals surface area contributed by atoms with Gasteiger partial charge in [0, 0.05) is 11.8 Å². The van der Waals surface area contributed by atoms with Crippen LogP contribution in [0.4, 0.5) is 0 Å². The van der Waals surface area contributed by atoms with Crippen LogP contribution in [0.15, 0.2) is 36.5 Å². The molecule has 24 heavy (non-hydrogen) atoms. The summed E-state index contributed by atoms with van der Waals surface area (Å²) in [4.78, 5) is 26.4. The lowest BCUT2D eigenvalue weighted by Crippen LogP contribution is -2.31. The lowest BCUT2D eigenvalue weighted by molar-refractivity contribution is -0.124. The molecule has 1 atom stereocenters. The lowest BCUT2D eigenvalue weighted by Gasteiger charge is -2.18. The topological polar surface area (TPSA) is 89.7 Å². The molecule has 1 heterocycles. The molecule has 0 unspecified atom stereocenters. The van der Waals surface area contributed by atoms with Gasteiger partial charge in [-0.05, 0) is 37.3 Å². The Bertz CT molecular complexity index is 697. The highest BCUT2D eigenvalue weighted by atomic mass is 16.5. The minimum absolute atomic E-state index is 0.297. The molecule has 0 aliphatic carbocycles. The van der Waals surface area contributed by atoms with Crippen LogP contribution in [0.3, 0.4) is 0 Å². The number of ether oxygens (including phenoxy) is 3. The third-order valence-electron chi connectivity index (χ3n) is 3.43. The molecule has 0 saturated heterocycles. The molecule has 0 saturated carbocycles. The maximum atomic E-state index is 12.0. The molecule has 0 spiro atoms. The van der Waals surface area contributed by atoms with Crippen molar-refractivity contribution in [2.75, 3.05) is 20.8 Å². The van der Waals surface area contributed by atoms with E-state index in [1.165, 1.54) is 0 Å². The van der Waals surface area contributed by atoms with Crippen LogP contribution in [0.1, 0.15) is 29.0 Å². The smallest absolute Gasteiger partial charge is 0.355 e. The number of nitrogens with one attached hydrogen (secondary N) is 2. The van der Waals surface area contributed by atoms with E-state index in [2.05, 4.69) is 10.3 Å². The van der Waals surface area contributed by atoms with Crippen molar-refractivity contribution < 1.29 is 23.8 Å². The number of benzene rings is 1. The van der Waals surface area contributed by atoms with E-state index in [4.69, 9.17) is 14.2 Å². The fraction of sp³-hybridized carbons (Fsp3) is 0.294. The van der Waals surface area contributed by atoms with E-state index < -0.39 is 11.9 Å². The summed E-state index contributed by atoms with van der Waals surface area (Å²) >= 11 is 0. The number of rotatable bonds is 7. The average molecular weight is 332 g/mol. The molecule has 0 radical (unpaired) electrons. The van der Waals surface area contributed by atoms with Crippen molar-refractivity contribution in [3.05, 3.63) is 47.8 Å². The van der Waals surface area contributed by atoms with Crippen LogP contribution in [-0.4, -0.2) is 37.7 Å². The number of carbonyl (C=O) groups excluding carboxylic acids is 2. The third-order valence-corrected chi connectivity index (χ3v) is 3.43. The van der Waals surface area contributed by atoms with Crippen molar-refractivity contribution in [2.24, 2.45) is 0 Å². The summed E-state index contributed by atoms with van der Waals surface area (Å²) in [6.45, 7) is 1.44. The molecule has 1 aromatic heterocycles. The third kappa shape index (κ3) is 4.28. The summed E-state index contributed by atoms with van der Waals surface area (Å²) in [5.41, 5.74) is 1.06. The van der Waals surface area contributed by atoms with Crippen molar-refractivity contribution in [2.45, 2.75) is 13.0 Å². The second kappa shape index (κ2) is 8.05. The van der Waals surface area contributed by atoms with Gasteiger partial charge in [0.05, 0.1) is 20.3 Å². The van der Waals surface area contributed by atoms with Crippen molar-refractivity contribution in [1.29, 1.82) is 0 Å². The first kappa shape index (κ1) is 17.4. The zero-order valence-corrected chi connectivity index (χ0v) is 13.8. The van der Waals surface area contributed by atoms with Gasteiger partial charge in [-0.1, -0.05) is 0 Å². The molecule has 2 N–H and O–H groups in total. The first-order chi connectivity index (χ1) is 11.5. The van der Waals surface area contributed by atoms with Gasteiger partial charge in [-0.3, -0.25) is 4.79 Å². The van der Waals surface area contributed by atoms with Gasteiger partial charge in [-0.15, -0.1) is 0 Å². The van der Waals surface area contributed by atoms with Crippen molar-refractivity contribution in [3.8, 4) is 11.5 Å². The highest BCUT2D eigenvalue weighted by molar-refractivity contribution is 5.89. The second-order valence-electron chi connectivity index (χ2n) is 5.06. The summed E-state index contributed by atoms with van der Waals surface area (Å²) in [5, 5.41) is 2.76. The molecular weight excluding hydrogens is 312 g/mol. The highest BCUT2D eigenvalue weighted by Gasteiger charge is 2.17. The van der Waals surface area contributed by atoms with Crippen LogP contribution in [0.5, 0.6) is 11.5 Å². The van der Waals surface area contributed by atoms with E-state index in [9.17, 15) is 9.59 Å². The molecule has 0 aliphatic heterocycles. The summed E-state index contributed by atoms with van der Waals surface area (Å²) in [6, 6.07) is 8.23. The van der Waals surface area contributed by atoms with E-state index in [1.807, 2.05) is 6.92 Å². The first-order valence-corrected chi connectivity index (χ1v) is 7.37. The molecular formula is C17H20N2O5. The first-order valence-electron chi connectivity index (χ1n) is 7.37. The van der Waals surface area contributed by atoms with Crippen molar-refractivity contribution >= 4 is 11.9 Å². The Kier molecular flexibility index (Phi) is 5.83. The Morgan fingerprint density at radius 3 is 2.62 bits per heavy atom. The average Bonchev–Trinajstić information content (AvgIpc) is 3.13. The molecule has 0 fully saturated rings. The van der Waals surface area contributed by atoms with Crippen LogP contribution in [0.25, 0.3) is 0 Å². The van der Waals surface area contributed by atoms with Gasteiger partial charge >= 0.3 is 5.97 Å². The van der Waals surface area contributed by atoms with Crippen LogP contribution in [-0.2, 0) is 9.53 Å². The monoisotopic (exact) mass is 332 g/mol.